The van der Waals surface area contributed by atoms with Crippen LogP contribution in [0.1, 0.15) is 0 Å². The number of hydrogen-bond donors (Lipinski definition) is 0. The summed E-state index contributed by atoms with van der Waals surface area (Å²) in [7, 11) is 2.16. The minimum atomic E-state index is 0.935. The Bertz CT molecular complexity index is 59.1. The van der Waals surface area contributed by atoms with Crippen molar-refractivity contribution in [1.29, 1.82) is 0 Å². The molecule has 7 heavy (non-hydrogen) atoms. The quantitative estimate of drug-likeness (QED) is 0.496. The van der Waals surface area contributed by atoms with Crippen LogP contribution in [0.5, 0.6) is 0 Å². The summed E-state index contributed by atoms with van der Waals surface area (Å²) in [6, 6.07) is 0. The van der Waals surface area contributed by atoms with E-state index in [9.17, 15) is 0 Å². The highest BCUT2D eigenvalue weighted by molar-refractivity contribution is 7.99. The lowest BCUT2D eigenvalue weighted by Gasteiger charge is -2.34. The van der Waals surface area contributed by atoms with Gasteiger partial charge >= 0.3 is 0 Å². The second kappa shape index (κ2) is 2.05. The third kappa shape index (κ3) is 1.10. The molecule has 1 aliphatic rings. The van der Waals surface area contributed by atoms with E-state index in [0.29, 0.717) is 0 Å². The van der Waals surface area contributed by atoms with Crippen LogP contribution in [0, 0.1) is 0 Å². The summed E-state index contributed by atoms with van der Waals surface area (Å²) in [5, 5.41) is 0.935. The van der Waals surface area contributed by atoms with Crippen LogP contribution in [0.25, 0.3) is 0 Å². The molecule has 0 atom stereocenters. The normalized spacial score (nSPS) is 24.9. The first-order valence-corrected chi connectivity index (χ1v) is 3.83. The zero-order valence-electron chi connectivity index (χ0n) is 4.85. The Kier molecular flexibility index (Phi) is 1.60. The summed E-state index contributed by atoms with van der Waals surface area (Å²) in [5.74, 6) is 0. The first kappa shape index (κ1) is 5.45. The summed E-state index contributed by atoms with van der Waals surface area (Å²) in [5.41, 5.74) is 0. The molecule has 1 nitrogen and oxygen atoms in total. The van der Waals surface area contributed by atoms with Crippen molar-refractivity contribution in [2.24, 2.45) is 0 Å². The molecule has 0 unspecified atom stereocenters. The summed E-state index contributed by atoms with van der Waals surface area (Å²) in [6.45, 7) is 2.59. The number of rotatable bonds is 1. The molecule has 42 valence electrons. The van der Waals surface area contributed by atoms with Crippen molar-refractivity contribution in [2.45, 2.75) is 5.25 Å². The Labute approximate surface area is 49.1 Å². The van der Waals surface area contributed by atoms with Crippen LogP contribution in [0.15, 0.2) is 0 Å². The highest BCUT2D eigenvalue weighted by Gasteiger charge is 2.20. The average Bonchev–Trinajstić information content (AvgIpc) is 1.58. The molecule has 0 N–H and O–H groups in total. The lowest BCUT2D eigenvalue weighted by Crippen LogP contribution is -2.45. The molecule has 0 aromatic rings. The van der Waals surface area contributed by atoms with Crippen molar-refractivity contribution in [3.8, 4) is 0 Å². The van der Waals surface area contributed by atoms with E-state index in [-0.39, 0.29) is 0 Å². The van der Waals surface area contributed by atoms with Crippen molar-refractivity contribution in [1.82, 2.24) is 4.90 Å². The number of likely N-dealkylation sites (tertiary alicyclic amines) is 1. The van der Waals surface area contributed by atoms with Gasteiger partial charge in [0, 0.05) is 18.3 Å². The topological polar surface area (TPSA) is 3.24 Å². The number of thioether (sulfide) groups is 1. The average molecular weight is 117 g/mol. The summed E-state index contributed by atoms with van der Waals surface area (Å²) in [6.07, 6.45) is 2.18. The van der Waals surface area contributed by atoms with Crippen LogP contribution < -0.4 is 0 Å². The van der Waals surface area contributed by atoms with E-state index in [1.54, 1.807) is 0 Å². The van der Waals surface area contributed by atoms with Gasteiger partial charge in [0.1, 0.15) is 0 Å². The first-order chi connectivity index (χ1) is 3.33. The van der Waals surface area contributed by atoms with E-state index in [4.69, 9.17) is 0 Å². The van der Waals surface area contributed by atoms with Gasteiger partial charge in [-0.1, -0.05) is 0 Å². The SMILES string of the molecule is CSC1CN(C)C1. The molecule has 1 heterocycles. The van der Waals surface area contributed by atoms with Gasteiger partial charge in [0.15, 0.2) is 0 Å². The first-order valence-electron chi connectivity index (χ1n) is 2.54. The van der Waals surface area contributed by atoms with Gasteiger partial charge in [-0.25, -0.2) is 0 Å². The summed E-state index contributed by atoms with van der Waals surface area (Å²) in [4.78, 5) is 2.33. The molecule has 1 fully saturated rings. The van der Waals surface area contributed by atoms with Crippen LogP contribution in [-0.2, 0) is 0 Å². The van der Waals surface area contributed by atoms with Crippen LogP contribution >= 0.6 is 11.8 Å². The lowest BCUT2D eigenvalue weighted by molar-refractivity contribution is 0.240. The molecule has 1 aliphatic heterocycles. The molecule has 0 aromatic carbocycles. The minimum absolute atomic E-state index is 0.935. The molecule has 2 heteroatoms. The van der Waals surface area contributed by atoms with Gasteiger partial charge in [0.05, 0.1) is 0 Å². The molecular weight excluding hydrogens is 106 g/mol. The Hall–Kier alpha value is 0.310. The van der Waals surface area contributed by atoms with E-state index in [1.165, 1.54) is 13.1 Å². The highest BCUT2D eigenvalue weighted by atomic mass is 32.2. The zero-order chi connectivity index (χ0) is 5.28. The molecule has 1 saturated heterocycles. The largest absolute Gasteiger partial charge is 0.304 e. The van der Waals surface area contributed by atoms with Crippen molar-refractivity contribution >= 4 is 11.8 Å². The molecule has 0 spiro atoms. The van der Waals surface area contributed by atoms with Crippen molar-refractivity contribution in [3.63, 3.8) is 0 Å². The minimum Gasteiger partial charge on any atom is -0.304 e. The smallest absolute Gasteiger partial charge is 0.0299 e. The Morgan fingerprint density at radius 2 is 2.14 bits per heavy atom. The molecule has 0 aromatic heterocycles. The summed E-state index contributed by atoms with van der Waals surface area (Å²) < 4.78 is 0. The lowest BCUT2D eigenvalue weighted by atomic mass is 10.2. The Morgan fingerprint density at radius 3 is 2.29 bits per heavy atom. The molecule has 0 aliphatic carbocycles. The van der Waals surface area contributed by atoms with E-state index in [1.807, 2.05) is 11.8 Å². The number of nitrogens with zero attached hydrogens (tertiary/aromatic N) is 1. The second-order valence-electron chi connectivity index (χ2n) is 2.08. The van der Waals surface area contributed by atoms with Crippen LogP contribution in [0.4, 0.5) is 0 Å². The predicted octanol–water partition coefficient (Wildman–Crippen LogP) is 0.663. The number of hydrogen-bond acceptors (Lipinski definition) is 2. The third-order valence-electron chi connectivity index (χ3n) is 1.36. The standard InChI is InChI=1S/C5H11NS/c1-6-3-5(4-6)7-2/h5H,3-4H2,1-2H3. The Morgan fingerprint density at radius 1 is 1.57 bits per heavy atom. The monoisotopic (exact) mass is 117 g/mol. The van der Waals surface area contributed by atoms with Crippen LogP contribution in [-0.4, -0.2) is 36.5 Å². The molecule has 0 bridgehead atoms. The van der Waals surface area contributed by atoms with Crippen molar-refractivity contribution in [2.75, 3.05) is 26.4 Å². The zero-order valence-corrected chi connectivity index (χ0v) is 5.66. The fourth-order valence-electron chi connectivity index (χ4n) is 0.791. The maximum Gasteiger partial charge on any atom is 0.0299 e. The molecule has 1 rings (SSSR count). The van der Waals surface area contributed by atoms with Gasteiger partial charge in [-0.05, 0) is 13.3 Å². The fraction of sp³-hybridized carbons (Fsp3) is 1.00. The van der Waals surface area contributed by atoms with Crippen molar-refractivity contribution < 1.29 is 0 Å². The fourth-order valence-corrected chi connectivity index (χ4v) is 1.60. The van der Waals surface area contributed by atoms with Gasteiger partial charge in [-0.15, -0.1) is 0 Å². The van der Waals surface area contributed by atoms with Crippen LogP contribution in [0.2, 0.25) is 0 Å². The van der Waals surface area contributed by atoms with Gasteiger partial charge in [-0.3, -0.25) is 0 Å². The van der Waals surface area contributed by atoms with Crippen molar-refractivity contribution in [3.05, 3.63) is 0 Å². The molecular formula is C5H11NS. The van der Waals surface area contributed by atoms with E-state index in [0.717, 1.165) is 5.25 Å². The predicted molar refractivity (Wildman–Crippen MR) is 34.8 cm³/mol. The molecule has 0 amide bonds. The molecule has 0 saturated carbocycles. The van der Waals surface area contributed by atoms with E-state index in [2.05, 4.69) is 18.2 Å². The highest BCUT2D eigenvalue weighted by Crippen LogP contribution is 2.16. The maximum atomic E-state index is 2.33. The maximum absolute atomic E-state index is 2.33. The van der Waals surface area contributed by atoms with E-state index >= 15 is 0 Å². The van der Waals surface area contributed by atoms with Gasteiger partial charge in [-0.2, -0.15) is 11.8 Å². The van der Waals surface area contributed by atoms with Gasteiger partial charge in [0.2, 0.25) is 0 Å². The van der Waals surface area contributed by atoms with E-state index < -0.39 is 0 Å². The summed E-state index contributed by atoms with van der Waals surface area (Å²) >= 11 is 1.97. The molecule has 0 radical (unpaired) electrons. The van der Waals surface area contributed by atoms with Gasteiger partial charge < -0.3 is 4.90 Å². The third-order valence-corrected chi connectivity index (χ3v) is 2.33. The van der Waals surface area contributed by atoms with Gasteiger partial charge in [0.25, 0.3) is 0 Å². The Balaban J connectivity index is 2.06. The second-order valence-corrected chi connectivity index (χ2v) is 3.22. The van der Waals surface area contributed by atoms with Crippen LogP contribution in [0.3, 0.4) is 0 Å².